The lowest BCUT2D eigenvalue weighted by Crippen LogP contribution is -2.49. The summed E-state index contributed by atoms with van der Waals surface area (Å²) >= 11 is 0. The summed E-state index contributed by atoms with van der Waals surface area (Å²) in [6.07, 6.45) is 1.97. The summed E-state index contributed by atoms with van der Waals surface area (Å²) in [6.45, 7) is 10.7. The molecule has 1 saturated heterocycles. The summed E-state index contributed by atoms with van der Waals surface area (Å²) < 4.78 is 7.50. The zero-order valence-corrected chi connectivity index (χ0v) is 12.9. The highest BCUT2D eigenvalue weighted by molar-refractivity contribution is 5.85. The van der Waals surface area contributed by atoms with Crippen LogP contribution in [0.2, 0.25) is 0 Å². The van der Waals surface area contributed by atoms with Crippen LogP contribution in [0, 0.1) is 0 Å². The van der Waals surface area contributed by atoms with Crippen molar-refractivity contribution in [3.8, 4) is 0 Å². The van der Waals surface area contributed by atoms with Crippen molar-refractivity contribution in [2.45, 2.75) is 52.3 Å². The number of ether oxygens (including phenoxy) is 1. The molecule has 1 fully saturated rings. The molecule has 0 radical (unpaired) electrons. The number of ketones is 1. The van der Waals surface area contributed by atoms with Gasteiger partial charge in [-0.15, -0.1) is 0 Å². The third-order valence-electron chi connectivity index (χ3n) is 3.74. The van der Waals surface area contributed by atoms with Crippen molar-refractivity contribution >= 4 is 5.78 Å². The van der Waals surface area contributed by atoms with Crippen LogP contribution in [0.3, 0.4) is 0 Å². The molecule has 0 saturated carbocycles. The number of hydrogen-bond donors (Lipinski definition) is 0. The van der Waals surface area contributed by atoms with Gasteiger partial charge in [0, 0.05) is 31.4 Å². The molecule has 1 aromatic heterocycles. The van der Waals surface area contributed by atoms with E-state index >= 15 is 0 Å². The average Bonchev–Trinajstić information content (AvgIpc) is 2.87. The first-order valence-electron chi connectivity index (χ1n) is 7.39. The van der Waals surface area contributed by atoms with Crippen LogP contribution >= 0.6 is 0 Å². The van der Waals surface area contributed by atoms with Gasteiger partial charge in [0.1, 0.15) is 6.10 Å². The van der Waals surface area contributed by atoms with Crippen molar-refractivity contribution < 1.29 is 9.53 Å². The smallest absolute Gasteiger partial charge is 0.168 e. The number of hydrogen-bond acceptors (Lipinski definition) is 4. The lowest BCUT2D eigenvalue weighted by Gasteiger charge is -2.34. The molecule has 1 aliphatic heterocycles. The highest BCUT2D eigenvalue weighted by Crippen LogP contribution is 2.12. The topological polar surface area (TPSA) is 47.4 Å². The van der Waals surface area contributed by atoms with Gasteiger partial charge in [0.15, 0.2) is 5.78 Å². The standard InChI is InChI=1S/C15H25N3O2/c1-11(2)17-7-8-20-15(10-17)14(19)9-13-5-6-18(16-13)12(3)4/h5-6,11-12,15H,7-10H2,1-4H3. The van der Waals surface area contributed by atoms with Crippen molar-refractivity contribution in [3.05, 3.63) is 18.0 Å². The molecule has 1 aromatic rings. The quantitative estimate of drug-likeness (QED) is 0.823. The van der Waals surface area contributed by atoms with Crippen molar-refractivity contribution in [3.63, 3.8) is 0 Å². The molecule has 0 aromatic carbocycles. The van der Waals surface area contributed by atoms with E-state index in [2.05, 4.69) is 37.7 Å². The molecule has 1 unspecified atom stereocenters. The van der Waals surface area contributed by atoms with Gasteiger partial charge in [-0.3, -0.25) is 14.4 Å². The second-order valence-corrected chi connectivity index (χ2v) is 5.97. The maximum Gasteiger partial charge on any atom is 0.168 e. The van der Waals surface area contributed by atoms with E-state index in [1.807, 2.05) is 16.9 Å². The molecule has 2 rings (SSSR count). The lowest BCUT2D eigenvalue weighted by molar-refractivity contribution is -0.136. The minimum Gasteiger partial charge on any atom is -0.368 e. The second-order valence-electron chi connectivity index (χ2n) is 5.97. The first-order chi connectivity index (χ1) is 9.47. The van der Waals surface area contributed by atoms with Gasteiger partial charge in [0.2, 0.25) is 0 Å². The normalized spacial score (nSPS) is 20.8. The van der Waals surface area contributed by atoms with Crippen LogP contribution in [0.1, 0.15) is 39.4 Å². The monoisotopic (exact) mass is 279 g/mol. The summed E-state index contributed by atoms with van der Waals surface area (Å²) in [4.78, 5) is 14.6. The summed E-state index contributed by atoms with van der Waals surface area (Å²) in [5.74, 6) is 0.129. The fourth-order valence-electron chi connectivity index (χ4n) is 2.38. The summed E-state index contributed by atoms with van der Waals surface area (Å²) in [5, 5.41) is 4.43. The van der Waals surface area contributed by atoms with Gasteiger partial charge in [-0.25, -0.2) is 0 Å². The van der Waals surface area contributed by atoms with E-state index in [0.29, 0.717) is 31.7 Å². The molecule has 0 amide bonds. The maximum atomic E-state index is 12.3. The SMILES string of the molecule is CC(C)N1CCOC(C(=O)Cc2ccn(C(C)C)n2)C1. The van der Waals surface area contributed by atoms with Gasteiger partial charge in [-0.2, -0.15) is 5.10 Å². The van der Waals surface area contributed by atoms with E-state index in [4.69, 9.17) is 4.74 Å². The highest BCUT2D eigenvalue weighted by atomic mass is 16.5. The molecule has 20 heavy (non-hydrogen) atoms. The van der Waals surface area contributed by atoms with Crippen molar-refractivity contribution in [1.29, 1.82) is 0 Å². The molecule has 1 atom stereocenters. The van der Waals surface area contributed by atoms with Gasteiger partial charge < -0.3 is 4.74 Å². The van der Waals surface area contributed by atoms with Crippen LogP contribution in [-0.4, -0.2) is 52.3 Å². The van der Waals surface area contributed by atoms with Crippen LogP contribution in [-0.2, 0) is 16.0 Å². The number of Topliss-reactive ketones (excluding diaryl/α,β-unsaturated/α-hetero) is 1. The Hall–Kier alpha value is -1.20. The first kappa shape index (κ1) is 15.2. The molecule has 1 aliphatic rings. The minimum absolute atomic E-state index is 0.129. The Labute approximate surface area is 120 Å². The number of nitrogens with zero attached hydrogens (tertiary/aromatic N) is 3. The largest absolute Gasteiger partial charge is 0.368 e. The highest BCUT2D eigenvalue weighted by Gasteiger charge is 2.28. The Morgan fingerprint density at radius 3 is 2.75 bits per heavy atom. The minimum atomic E-state index is -0.310. The Bertz CT molecular complexity index is 454. The van der Waals surface area contributed by atoms with Crippen LogP contribution < -0.4 is 0 Å². The zero-order chi connectivity index (χ0) is 14.7. The Balaban J connectivity index is 1.93. The number of aromatic nitrogens is 2. The predicted molar refractivity (Wildman–Crippen MR) is 77.8 cm³/mol. The van der Waals surface area contributed by atoms with E-state index in [1.54, 1.807) is 0 Å². The molecular formula is C15H25N3O2. The Kier molecular flexibility index (Phi) is 4.94. The van der Waals surface area contributed by atoms with E-state index in [9.17, 15) is 4.79 Å². The van der Waals surface area contributed by atoms with Crippen molar-refractivity contribution in [1.82, 2.24) is 14.7 Å². The van der Waals surface area contributed by atoms with E-state index < -0.39 is 0 Å². The van der Waals surface area contributed by atoms with Gasteiger partial charge in [-0.1, -0.05) is 0 Å². The molecule has 0 aliphatic carbocycles. The fraction of sp³-hybridized carbons (Fsp3) is 0.733. The molecule has 5 nitrogen and oxygen atoms in total. The maximum absolute atomic E-state index is 12.3. The third-order valence-corrected chi connectivity index (χ3v) is 3.74. The number of carbonyl (C=O) groups is 1. The summed E-state index contributed by atoms with van der Waals surface area (Å²) in [6, 6.07) is 2.69. The number of rotatable bonds is 5. The first-order valence-corrected chi connectivity index (χ1v) is 7.39. The number of morpholine rings is 1. The van der Waals surface area contributed by atoms with Crippen LogP contribution in [0.15, 0.2) is 12.3 Å². The zero-order valence-electron chi connectivity index (χ0n) is 12.9. The molecule has 0 spiro atoms. The Morgan fingerprint density at radius 1 is 1.40 bits per heavy atom. The lowest BCUT2D eigenvalue weighted by atomic mass is 10.1. The van der Waals surface area contributed by atoms with Gasteiger partial charge >= 0.3 is 0 Å². The van der Waals surface area contributed by atoms with Crippen LogP contribution in [0.4, 0.5) is 0 Å². The van der Waals surface area contributed by atoms with Gasteiger partial charge in [-0.05, 0) is 33.8 Å². The van der Waals surface area contributed by atoms with E-state index in [0.717, 1.165) is 12.2 Å². The van der Waals surface area contributed by atoms with Crippen molar-refractivity contribution in [2.24, 2.45) is 0 Å². The van der Waals surface area contributed by atoms with Crippen LogP contribution in [0.5, 0.6) is 0 Å². The molecular weight excluding hydrogens is 254 g/mol. The summed E-state index contributed by atoms with van der Waals surface area (Å²) in [7, 11) is 0. The van der Waals surface area contributed by atoms with Gasteiger partial charge in [0.05, 0.1) is 18.7 Å². The molecule has 0 N–H and O–H groups in total. The number of carbonyl (C=O) groups excluding carboxylic acids is 1. The van der Waals surface area contributed by atoms with E-state index in [-0.39, 0.29) is 11.9 Å². The molecule has 112 valence electrons. The second kappa shape index (κ2) is 6.50. The third kappa shape index (κ3) is 3.67. The summed E-state index contributed by atoms with van der Waals surface area (Å²) in [5.41, 5.74) is 0.828. The fourth-order valence-corrected chi connectivity index (χ4v) is 2.38. The predicted octanol–water partition coefficient (Wildman–Crippen LogP) is 1.68. The molecule has 0 bridgehead atoms. The van der Waals surface area contributed by atoms with Crippen LogP contribution in [0.25, 0.3) is 0 Å². The molecule has 2 heterocycles. The Morgan fingerprint density at radius 2 is 2.15 bits per heavy atom. The van der Waals surface area contributed by atoms with Crippen molar-refractivity contribution in [2.75, 3.05) is 19.7 Å². The molecule has 5 heteroatoms. The average molecular weight is 279 g/mol. The van der Waals surface area contributed by atoms with Gasteiger partial charge in [0.25, 0.3) is 0 Å². The van der Waals surface area contributed by atoms with E-state index in [1.165, 1.54) is 0 Å².